The van der Waals surface area contributed by atoms with Gasteiger partial charge in [-0.2, -0.15) is 4.98 Å². The summed E-state index contributed by atoms with van der Waals surface area (Å²) in [5, 5.41) is 10.4. The summed E-state index contributed by atoms with van der Waals surface area (Å²) >= 11 is 0. The molecule has 2 aromatic heterocycles. The van der Waals surface area contributed by atoms with Crippen molar-refractivity contribution in [3.8, 4) is 0 Å². The summed E-state index contributed by atoms with van der Waals surface area (Å²) < 4.78 is 4.71. The molecular formula is C14H20N6O. The van der Waals surface area contributed by atoms with Crippen molar-refractivity contribution in [2.24, 2.45) is 0 Å². The molecule has 2 aromatic rings. The van der Waals surface area contributed by atoms with E-state index >= 15 is 0 Å². The second-order valence-electron chi connectivity index (χ2n) is 5.22. The molecule has 1 aliphatic rings. The van der Waals surface area contributed by atoms with Gasteiger partial charge in [-0.05, 0) is 19.3 Å². The van der Waals surface area contributed by atoms with Crippen LogP contribution in [-0.4, -0.2) is 33.2 Å². The molecule has 1 fully saturated rings. The predicted molar refractivity (Wildman–Crippen MR) is 79.3 cm³/mol. The largest absolute Gasteiger partial charge is 0.370 e. The van der Waals surface area contributed by atoms with Crippen molar-refractivity contribution in [3.05, 3.63) is 24.1 Å². The molecule has 7 nitrogen and oxygen atoms in total. The standard InChI is InChI=1S/C14H20N6O/c1-2-6-15-12-8-13(19-14(18-12)10-3-4-10)16-7-5-11-17-9-21-20-11/h8-10H,2-7H2,1H3,(H2,15,16,18,19). The zero-order chi connectivity index (χ0) is 14.5. The van der Waals surface area contributed by atoms with Crippen LogP contribution in [0.3, 0.4) is 0 Å². The Balaban J connectivity index is 1.63. The van der Waals surface area contributed by atoms with Gasteiger partial charge in [0.2, 0.25) is 6.39 Å². The third-order valence-corrected chi connectivity index (χ3v) is 3.30. The molecule has 7 heteroatoms. The maximum atomic E-state index is 4.71. The van der Waals surface area contributed by atoms with E-state index in [-0.39, 0.29) is 0 Å². The third-order valence-electron chi connectivity index (χ3n) is 3.30. The lowest BCUT2D eigenvalue weighted by Crippen LogP contribution is -2.11. The van der Waals surface area contributed by atoms with Crippen LogP contribution in [0.1, 0.15) is 43.8 Å². The zero-order valence-electron chi connectivity index (χ0n) is 12.2. The molecule has 1 saturated carbocycles. The average molecular weight is 288 g/mol. The smallest absolute Gasteiger partial charge is 0.213 e. The van der Waals surface area contributed by atoms with Gasteiger partial charge in [0.1, 0.15) is 17.5 Å². The molecule has 0 radical (unpaired) electrons. The Kier molecular flexibility index (Phi) is 4.28. The van der Waals surface area contributed by atoms with Gasteiger partial charge in [0, 0.05) is 31.5 Å². The van der Waals surface area contributed by atoms with Crippen molar-refractivity contribution in [1.29, 1.82) is 0 Å². The van der Waals surface area contributed by atoms with Gasteiger partial charge in [-0.25, -0.2) is 9.97 Å². The summed E-state index contributed by atoms with van der Waals surface area (Å²) in [6, 6.07) is 1.96. The van der Waals surface area contributed by atoms with E-state index in [0.29, 0.717) is 24.7 Å². The van der Waals surface area contributed by atoms with Gasteiger partial charge in [-0.1, -0.05) is 12.1 Å². The Morgan fingerprint density at radius 1 is 1.19 bits per heavy atom. The van der Waals surface area contributed by atoms with Crippen LogP contribution in [0.4, 0.5) is 11.6 Å². The molecule has 0 spiro atoms. The van der Waals surface area contributed by atoms with Gasteiger partial charge in [-0.15, -0.1) is 0 Å². The van der Waals surface area contributed by atoms with Crippen LogP contribution < -0.4 is 10.6 Å². The second-order valence-corrected chi connectivity index (χ2v) is 5.22. The first-order valence-corrected chi connectivity index (χ1v) is 7.47. The molecule has 0 saturated heterocycles. The number of rotatable bonds is 8. The van der Waals surface area contributed by atoms with E-state index in [1.807, 2.05) is 6.07 Å². The van der Waals surface area contributed by atoms with Gasteiger partial charge in [0.25, 0.3) is 0 Å². The number of anilines is 2. The molecule has 3 rings (SSSR count). The molecule has 0 aromatic carbocycles. The van der Waals surface area contributed by atoms with Gasteiger partial charge in [0.05, 0.1) is 0 Å². The molecule has 112 valence electrons. The minimum absolute atomic E-state index is 0.533. The highest BCUT2D eigenvalue weighted by Gasteiger charge is 2.27. The molecule has 0 aliphatic heterocycles. The number of hydrogen-bond acceptors (Lipinski definition) is 7. The Morgan fingerprint density at radius 3 is 2.57 bits per heavy atom. The van der Waals surface area contributed by atoms with Crippen molar-refractivity contribution in [1.82, 2.24) is 20.1 Å². The quantitative estimate of drug-likeness (QED) is 0.769. The highest BCUT2D eigenvalue weighted by molar-refractivity contribution is 5.48. The Hall–Kier alpha value is -2.18. The van der Waals surface area contributed by atoms with Gasteiger partial charge < -0.3 is 15.2 Å². The summed E-state index contributed by atoms with van der Waals surface area (Å²) in [7, 11) is 0. The lowest BCUT2D eigenvalue weighted by atomic mass is 10.3. The number of aromatic nitrogens is 4. The summed E-state index contributed by atoms with van der Waals surface area (Å²) in [5.74, 6) is 3.93. The van der Waals surface area contributed by atoms with Crippen LogP contribution in [0, 0.1) is 0 Å². The minimum Gasteiger partial charge on any atom is -0.370 e. The first kappa shape index (κ1) is 13.8. The monoisotopic (exact) mass is 288 g/mol. The van der Waals surface area contributed by atoms with Crippen LogP contribution in [0.15, 0.2) is 17.0 Å². The SMILES string of the molecule is CCCNc1cc(NCCc2ncon2)nc(C2CC2)n1. The average Bonchev–Trinajstić information content (AvgIpc) is 3.23. The summed E-state index contributed by atoms with van der Waals surface area (Å²) in [6.07, 6.45) is 5.51. The van der Waals surface area contributed by atoms with E-state index in [2.05, 4.69) is 37.7 Å². The lowest BCUT2D eigenvalue weighted by Gasteiger charge is -2.10. The van der Waals surface area contributed by atoms with E-state index < -0.39 is 0 Å². The maximum absolute atomic E-state index is 4.71. The van der Waals surface area contributed by atoms with E-state index in [1.165, 1.54) is 19.2 Å². The van der Waals surface area contributed by atoms with E-state index in [4.69, 9.17) is 4.52 Å². The first-order valence-electron chi connectivity index (χ1n) is 7.47. The molecule has 0 unspecified atom stereocenters. The molecule has 2 heterocycles. The van der Waals surface area contributed by atoms with E-state index in [0.717, 1.165) is 30.4 Å². The van der Waals surface area contributed by atoms with Crippen LogP contribution >= 0.6 is 0 Å². The zero-order valence-corrected chi connectivity index (χ0v) is 12.2. The van der Waals surface area contributed by atoms with Crippen molar-refractivity contribution >= 4 is 11.6 Å². The summed E-state index contributed by atoms with van der Waals surface area (Å²) in [6.45, 7) is 3.78. The Morgan fingerprint density at radius 2 is 1.95 bits per heavy atom. The number of nitrogens with zero attached hydrogens (tertiary/aromatic N) is 4. The molecule has 0 amide bonds. The Bertz CT molecular complexity index is 567. The molecule has 0 atom stereocenters. The second kappa shape index (κ2) is 6.51. The molecule has 1 aliphatic carbocycles. The normalized spacial score (nSPS) is 14.1. The van der Waals surface area contributed by atoms with Gasteiger partial charge in [0.15, 0.2) is 5.82 Å². The number of nitrogens with one attached hydrogen (secondary N) is 2. The minimum atomic E-state index is 0.533. The fraction of sp³-hybridized carbons (Fsp3) is 0.571. The number of hydrogen-bond donors (Lipinski definition) is 2. The van der Waals surface area contributed by atoms with Crippen molar-refractivity contribution < 1.29 is 4.52 Å². The third kappa shape index (κ3) is 3.90. The van der Waals surface area contributed by atoms with Crippen LogP contribution in [0.25, 0.3) is 0 Å². The Labute approximate surface area is 123 Å². The molecule has 0 bridgehead atoms. The fourth-order valence-electron chi connectivity index (χ4n) is 2.03. The van der Waals surface area contributed by atoms with Crippen molar-refractivity contribution in [2.75, 3.05) is 23.7 Å². The first-order chi connectivity index (χ1) is 10.3. The van der Waals surface area contributed by atoms with Crippen LogP contribution in [0.5, 0.6) is 0 Å². The fourth-order valence-corrected chi connectivity index (χ4v) is 2.03. The van der Waals surface area contributed by atoms with E-state index in [9.17, 15) is 0 Å². The van der Waals surface area contributed by atoms with Crippen molar-refractivity contribution in [2.45, 2.75) is 38.5 Å². The van der Waals surface area contributed by atoms with Gasteiger partial charge in [-0.3, -0.25) is 0 Å². The van der Waals surface area contributed by atoms with Crippen molar-refractivity contribution in [3.63, 3.8) is 0 Å². The predicted octanol–water partition coefficient (Wildman–Crippen LogP) is 2.21. The molecule has 21 heavy (non-hydrogen) atoms. The van der Waals surface area contributed by atoms with Gasteiger partial charge >= 0.3 is 0 Å². The summed E-state index contributed by atoms with van der Waals surface area (Å²) in [4.78, 5) is 13.2. The summed E-state index contributed by atoms with van der Waals surface area (Å²) in [5.41, 5.74) is 0. The topological polar surface area (TPSA) is 88.8 Å². The maximum Gasteiger partial charge on any atom is 0.213 e. The molecular weight excluding hydrogens is 268 g/mol. The highest BCUT2D eigenvalue weighted by Crippen LogP contribution is 2.38. The van der Waals surface area contributed by atoms with Crippen LogP contribution in [-0.2, 0) is 6.42 Å². The van der Waals surface area contributed by atoms with E-state index in [1.54, 1.807) is 0 Å². The molecule has 2 N–H and O–H groups in total. The van der Waals surface area contributed by atoms with Crippen LogP contribution in [0.2, 0.25) is 0 Å². The highest BCUT2D eigenvalue weighted by atomic mass is 16.5. The lowest BCUT2D eigenvalue weighted by molar-refractivity contribution is 0.410.